The van der Waals surface area contributed by atoms with Crippen molar-refractivity contribution < 1.29 is 4.86 Å². The number of nitrogens with two attached hydrogens (primary N) is 1. The van der Waals surface area contributed by atoms with Gasteiger partial charge < -0.3 is 5.21 Å². The summed E-state index contributed by atoms with van der Waals surface area (Å²) in [6.07, 6.45) is -0.519. The molecule has 3 N–H and O–H groups in total. The van der Waals surface area contributed by atoms with Crippen LogP contribution in [0.25, 0.3) is 0 Å². The Bertz CT molecular complexity index is 122. The van der Waals surface area contributed by atoms with Crippen LogP contribution >= 0.6 is 0 Å². The minimum atomic E-state index is -0.519. The summed E-state index contributed by atoms with van der Waals surface area (Å²) in [7, 11) is 0. The first-order valence-electron chi connectivity index (χ1n) is 2.40. The highest BCUT2D eigenvalue weighted by molar-refractivity contribution is 4.64. The van der Waals surface area contributed by atoms with Gasteiger partial charge in [-0.3, -0.25) is 5.73 Å². The maximum Gasteiger partial charge on any atom is 0.212 e. The Morgan fingerprint density at radius 1 is 1.88 bits per heavy atom. The quantitative estimate of drug-likeness (QED) is 0.319. The summed E-state index contributed by atoms with van der Waals surface area (Å²) in [5, 5.41) is 13.6. The first-order valence-corrected chi connectivity index (χ1v) is 2.40. The van der Waals surface area contributed by atoms with Gasteiger partial charge in [0.05, 0.1) is 5.22 Å². The van der Waals surface area contributed by atoms with Crippen molar-refractivity contribution in [1.82, 2.24) is 5.43 Å². The van der Waals surface area contributed by atoms with Crippen molar-refractivity contribution in [1.29, 1.82) is 0 Å². The van der Waals surface area contributed by atoms with Crippen LogP contribution in [0.5, 0.6) is 0 Å². The van der Waals surface area contributed by atoms with E-state index in [0.29, 0.717) is 4.86 Å². The molecule has 1 aliphatic rings. The van der Waals surface area contributed by atoms with Crippen LogP contribution in [0.15, 0.2) is 5.22 Å². The monoisotopic (exact) mass is 116 g/mol. The zero-order chi connectivity index (χ0) is 6.15. The highest BCUT2D eigenvalue weighted by atomic mass is 16.5. The summed E-state index contributed by atoms with van der Waals surface area (Å²) in [5.74, 6) is 0. The number of rotatable bonds is 0. The van der Waals surface area contributed by atoms with Crippen LogP contribution in [-0.4, -0.2) is 17.1 Å². The van der Waals surface area contributed by atoms with Gasteiger partial charge in [-0.05, 0) is 6.92 Å². The van der Waals surface area contributed by atoms with Crippen LogP contribution in [0.1, 0.15) is 6.92 Å². The first kappa shape index (κ1) is 5.30. The Morgan fingerprint density at radius 2 is 2.50 bits per heavy atom. The highest BCUT2D eigenvalue weighted by Crippen LogP contribution is 1.97. The molecule has 0 saturated heterocycles. The molecule has 46 valence electrons. The molecule has 0 bridgehead atoms. The van der Waals surface area contributed by atoms with Gasteiger partial charge in [-0.2, -0.15) is 5.43 Å². The van der Waals surface area contributed by atoms with Crippen LogP contribution in [0.3, 0.4) is 0 Å². The topological polar surface area (TPSA) is 76.5 Å². The molecular formula is C3H8N4O. The second-order valence-corrected chi connectivity index (χ2v) is 1.81. The summed E-state index contributed by atoms with van der Waals surface area (Å²) in [5.41, 5.74) is 7.81. The second-order valence-electron chi connectivity index (χ2n) is 1.81. The lowest BCUT2D eigenvalue weighted by Crippen LogP contribution is -2.39. The average Bonchev–Trinajstić information content (AvgIpc) is 1.98. The molecule has 1 rings (SSSR count). The van der Waals surface area contributed by atoms with Gasteiger partial charge in [0.2, 0.25) is 6.17 Å². The third kappa shape index (κ3) is 0.604. The SMILES string of the molecule is CC1NN=[N+]([O-])C1N. The minimum Gasteiger partial charge on any atom is -0.694 e. The fourth-order valence-corrected chi connectivity index (χ4v) is 0.482. The fraction of sp³-hybridized carbons (Fsp3) is 1.00. The molecular weight excluding hydrogens is 108 g/mol. The molecule has 0 fully saturated rings. The summed E-state index contributed by atoms with van der Waals surface area (Å²) in [6.45, 7) is 1.80. The van der Waals surface area contributed by atoms with Crippen molar-refractivity contribution in [2.45, 2.75) is 19.1 Å². The van der Waals surface area contributed by atoms with Crippen molar-refractivity contribution in [3.8, 4) is 0 Å². The van der Waals surface area contributed by atoms with Crippen LogP contribution < -0.4 is 11.2 Å². The van der Waals surface area contributed by atoms with E-state index in [1.165, 1.54) is 0 Å². The van der Waals surface area contributed by atoms with Crippen molar-refractivity contribution in [3.05, 3.63) is 5.21 Å². The summed E-state index contributed by atoms with van der Waals surface area (Å²) in [6, 6.07) is -0.0347. The number of nitrogens with zero attached hydrogens (tertiary/aromatic N) is 2. The normalized spacial score (nSPS) is 36.5. The third-order valence-electron chi connectivity index (χ3n) is 1.13. The Morgan fingerprint density at radius 3 is 2.62 bits per heavy atom. The zero-order valence-corrected chi connectivity index (χ0v) is 4.53. The van der Waals surface area contributed by atoms with E-state index >= 15 is 0 Å². The molecule has 2 unspecified atom stereocenters. The first-order chi connectivity index (χ1) is 3.72. The van der Waals surface area contributed by atoms with Crippen molar-refractivity contribution in [3.63, 3.8) is 0 Å². The van der Waals surface area contributed by atoms with Gasteiger partial charge in [0.15, 0.2) is 6.04 Å². The van der Waals surface area contributed by atoms with E-state index in [1.807, 2.05) is 0 Å². The number of nitrogens with one attached hydrogen (secondary N) is 1. The van der Waals surface area contributed by atoms with Crippen molar-refractivity contribution in [2.75, 3.05) is 0 Å². The molecule has 0 aromatic rings. The van der Waals surface area contributed by atoms with Gasteiger partial charge in [0, 0.05) is 0 Å². The standard InChI is InChI=1S/C3H8N4O/c1-2-3(4)7(8)6-5-2/h2-3,5H,4H2,1H3. The van der Waals surface area contributed by atoms with E-state index < -0.39 is 6.17 Å². The maximum absolute atomic E-state index is 10.3. The molecule has 8 heavy (non-hydrogen) atoms. The molecule has 1 aliphatic heterocycles. The van der Waals surface area contributed by atoms with Gasteiger partial charge in [-0.25, -0.2) is 0 Å². The molecule has 1 heterocycles. The lowest BCUT2D eigenvalue weighted by molar-refractivity contribution is -0.553. The Hall–Kier alpha value is -0.840. The summed E-state index contributed by atoms with van der Waals surface area (Å²) in [4.78, 5) is 0.463. The fourth-order valence-electron chi connectivity index (χ4n) is 0.482. The molecule has 5 nitrogen and oxygen atoms in total. The van der Waals surface area contributed by atoms with Gasteiger partial charge in [-0.15, -0.1) is 4.86 Å². The lowest BCUT2D eigenvalue weighted by atomic mass is 10.3. The molecule has 0 aliphatic carbocycles. The highest BCUT2D eigenvalue weighted by Gasteiger charge is 2.25. The van der Waals surface area contributed by atoms with E-state index in [0.717, 1.165) is 0 Å². The predicted molar refractivity (Wildman–Crippen MR) is 26.6 cm³/mol. The molecule has 5 heteroatoms. The van der Waals surface area contributed by atoms with E-state index in [-0.39, 0.29) is 6.04 Å². The Labute approximate surface area is 46.7 Å². The average molecular weight is 116 g/mol. The molecule has 0 amide bonds. The smallest absolute Gasteiger partial charge is 0.212 e. The van der Waals surface area contributed by atoms with Crippen LogP contribution in [-0.2, 0) is 0 Å². The van der Waals surface area contributed by atoms with Crippen molar-refractivity contribution >= 4 is 0 Å². The van der Waals surface area contributed by atoms with Crippen molar-refractivity contribution in [2.24, 2.45) is 11.0 Å². The molecule has 0 aromatic heterocycles. The van der Waals surface area contributed by atoms with E-state index in [1.54, 1.807) is 6.92 Å². The molecule has 2 atom stereocenters. The van der Waals surface area contributed by atoms with E-state index in [2.05, 4.69) is 10.6 Å². The van der Waals surface area contributed by atoms with Gasteiger partial charge in [0.1, 0.15) is 0 Å². The third-order valence-corrected chi connectivity index (χ3v) is 1.13. The maximum atomic E-state index is 10.3. The molecule has 0 aromatic carbocycles. The molecule has 0 saturated carbocycles. The zero-order valence-electron chi connectivity index (χ0n) is 4.53. The molecule has 0 spiro atoms. The predicted octanol–water partition coefficient (Wildman–Crippen LogP) is -0.860. The molecule has 0 radical (unpaired) electrons. The second kappa shape index (κ2) is 1.59. The van der Waals surface area contributed by atoms with Gasteiger partial charge in [0.25, 0.3) is 0 Å². The van der Waals surface area contributed by atoms with E-state index in [9.17, 15) is 5.21 Å². The number of hydroxylamine groups is 1. The summed E-state index contributed by atoms with van der Waals surface area (Å²) >= 11 is 0. The van der Waals surface area contributed by atoms with Crippen LogP contribution in [0.2, 0.25) is 0 Å². The van der Waals surface area contributed by atoms with Gasteiger partial charge >= 0.3 is 0 Å². The number of hydrogen-bond acceptors (Lipinski definition) is 4. The summed E-state index contributed by atoms with van der Waals surface area (Å²) < 4.78 is 0. The largest absolute Gasteiger partial charge is 0.694 e. The van der Waals surface area contributed by atoms with Crippen LogP contribution in [0.4, 0.5) is 0 Å². The Kier molecular flexibility index (Phi) is 1.05. The minimum absolute atomic E-state index is 0.0347. The van der Waals surface area contributed by atoms with Gasteiger partial charge in [-0.1, -0.05) is 0 Å². The van der Waals surface area contributed by atoms with E-state index in [4.69, 9.17) is 5.73 Å². The van der Waals surface area contributed by atoms with Crippen LogP contribution in [0, 0.1) is 5.21 Å². The lowest BCUT2D eigenvalue weighted by Gasteiger charge is -2.06. The number of hydrogen-bond donors (Lipinski definition) is 2. The Balaban J connectivity index is 2.59.